The van der Waals surface area contributed by atoms with Crippen LogP contribution < -0.4 is 0 Å². The van der Waals surface area contributed by atoms with Gasteiger partial charge in [-0.05, 0) is 12.1 Å². The van der Waals surface area contributed by atoms with Crippen LogP contribution in [0.4, 0.5) is 5.69 Å². The van der Waals surface area contributed by atoms with Crippen LogP contribution in [0.1, 0.15) is 0 Å². The third kappa shape index (κ3) is 2.21. The molecule has 0 N–H and O–H groups in total. The van der Waals surface area contributed by atoms with E-state index in [2.05, 4.69) is 0 Å². The fourth-order valence-corrected chi connectivity index (χ4v) is 2.04. The molecule has 0 spiro atoms. The lowest BCUT2D eigenvalue weighted by molar-refractivity contribution is -0.387. The number of halogens is 1. The molecule has 0 unspecified atom stereocenters. The second-order valence-corrected chi connectivity index (χ2v) is 5.06. The normalized spacial score (nSPS) is 11.3. The van der Waals surface area contributed by atoms with Crippen molar-refractivity contribution in [3.8, 4) is 0 Å². The molecule has 0 atom stereocenters. The molecule has 0 aromatic heterocycles. The van der Waals surface area contributed by atoms with Crippen LogP contribution in [-0.2, 0) is 9.84 Å². The summed E-state index contributed by atoms with van der Waals surface area (Å²) in [7, 11) is -3.63. The first-order chi connectivity index (χ1) is 6.32. The van der Waals surface area contributed by atoms with E-state index in [1.54, 1.807) is 0 Å². The number of rotatable bonds is 2. The largest absolute Gasteiger partial charge is 0.288 e. The lowest BCUT2D eigenvalue weighted by atomic mass is 10.3. The Morgan fingerprint density at radius 1 is 1.43 bits per heavy atom. The van der Waals surface area contributed by atoms with Gasteiger partial charge in [-0.15, -0.1) is 0 Å². The second kappa shape index (κ2) is 3.55. The molecule has 0 bridgehead atoms. The Labute approximate surface area is 85.4 Å². The average Bonchev–Trinajstić information content (AvgIpc) is 2.01. The summed E-state index contributed by atoms with van der Waals surface area (Å²) < 4.78 is 22.3. The predicted molar refractivity (Wildman–Crippen MR) is 51.2 cm³/mol. The van der Waals surface area contributed by atoms with Crippen LogP contribution in [0, 0.1) is 10.1 Å². The molecule has 0 amide bonds. The number of hydrogen-bond donors (Lipinski definition) is 0. The van der Waals surface area contributed by atoms with Gasteiger partial charge in [0.2, 0.25) is 0 Å². The van der Waals surface area contributed by atoms with E-state index in [-0.39, 0.29) is 9.92 Å². The van der Waals surface area contributed by atoms with Crippen LogP contribution in [-0.4, -0.2) is 19.6 Å². The first kappa shape index (κ1) is 10.9. The molecule has 0 aliphatic carbocycles. The Kier molecular flexibility index (Phi) is 2.77. The molecule has 0 aliphatic heterocycles. The van der Waals surface area contributed by atoms with Crippen molar-refractivity contribution in [2.24, 2.45) is 0 Å². The van der Waals surface area contributed by atoms with Crippen molar-refractivity contribution < 1.29 is 13.3 Å². The zero-order chi connectivity index (χ0) is 10.9. The number of hydrogen-bond acceptors (Lipinski definition) is 4. The number of sulfone groups is 1. The minimum absolute atomic E-state index is 0.149. The Bertz CT molecular complexity index is 482. The molecule has 0 saturated heterocycles. The zero-order valence-electron chi connectivity index (χ0n) is 7.10. The summed E-state index contributed by atoms with van der Waals surface area (Å²) >= 11 is 5.54. The monoisotopic (exact) mass is 235 g/mol. The average molecular weight is 236 g/mol. The van der Waals surface area contributed by atoms with Gasteiger partial charge in [0.25, 0.3) is 5.69 Å². The molecule has 7 heteroatoms. The minimum atomic E-state index is -3.63. The number of benzene rings is 1. The van der Waals surface area contributed by atoms with Gasteiger partial charge in [-0.25, -0.2) is 8.42 Å². The van der Waals surface area contributed by atoms with E-state index in [9.17, 15) is 18.5 Å². The first-order valence-corrected chi connectivity index (χ1v) is 5.73. The van der Waals surface area contributed by atoms with Crippen molar-refractivity contribution in [3.63, 3.8) is 0 Å². The third-order valence-corrected chi connectivity index (χ3v) is 2.88. The van der Waals surface area contributed by atoms with E-state index in [0.29, 0.717) is 0 Å². The zero-order valence-corrected chi connectivity index (χ0v) is 8.67. The highest BCUT2D eigenvalue weighted by molar-refractivity contribution is 7.90. The topological polar surface area (TPSA) is 77.3 Å². The smallest absolute Gasteiger partial charge is 0.258 e. The fourth-order valence-electron chi connectivity index (χ4n) is 0.936. The fraction of sp³-hybridized carbons (Fsp3) is 0.143. The lowest BCUT2D eigenvalue weighted by Crippen LogP contribution is -2.02. The van der Waals surface area contributed by atoms with Crippen LogP contribution in [0.2, 0.25) is 5.02 Å². The Balaban J connectivity index is 3.54. The van der Waals surface area contributed by atoms with E-state index < -0.39 is 20.4 Å². The quantitative estimate of drug-likeness (QED) is 0.577. The van der Waals surface area contributed by atoms with Gasteiger partial charge in [-0.3, -0.25) is 10.1 Å². The van der Waals surface area contributed by atoms with Gasteiger partial charge in [-0.1, -0.05) is 11.6 Å². The molecule has 0 radical (unpaired) electrons. The maximum absolute atomic E-state index is 11.1. The number of nitro benzene ring substituents is 1. The van der Waals surface area contributed by atoms with E-state index in [1.165, 1.54) is 6.07 Å². The lowest BCUT2D eigenvalue weighted by Gasteiger charge is -2.00. The standard InChI is InChI=1S/C7H6ClNO4S/c1-14(12,13)7-4-5(8)2-3-6(7)9(10)11/h2-4H,1H3. The van der Waals surface area contributed by atoms with Crippen LogP contribution in [0.3, 0.4) is 0 Å². The maximum Gasteiger partial charge on any atom is 0.288 e. The van der Waals surface area contributed by atoms with Crippen molar-refractivity contribution in [2.75, 3.05) is 6.26 Å². The molecular formula is C7H6ClNO4S. The van der Waals surface area contributed by atoms with E-state index >= 15 is 0 Å². The van der Waals surface area contributed by atoms with Gasteiger partial charge in [0.1, 0.15) is 4.90 Å². The highest BCUT2D eigenvalue weighted by atomic mass is 35.5. The number of nitrogens with zero attached hydrogens (tertiary/aromatic N) is 1. The van der Waals surface area contributed by atoms with Crippen LogP contribution in [0.25, 0.3) is 0 Å². The van der Waals surface area contributed by atoms with Crippen LogP contribution in [0.5, 0.6) is 0 Å². The van der Waals surface area contributed by atoms with Gasteiger partial charge in [0.15, 0.2) is 9.84 Å². The molecule has 0 heterocycles. The Morgan fingerprint density at radius 3 is 2.43 bits per heavy atom. The van der Waals surface area contributed by atoms with Gasteiger partial charge in [0.05, 0.1) is 4.92 Å². The summed E-state index contributed by atoms with van der Waals surface area (Å²) in [5.41, 5.74) is -0.461. The van der Waals surface area contributed by atoms with Crippen LogP contribution in [0.15, 0.2) is 23.1 Å². The summed E-state index contributed by atoms with van der Waals surface area (Å²) in [6.07, 6.45) is 0.895. The summed E-state index contributed by atoms with van der Waals surface area (Å²) in [6, 6.07) is 3.40. The van der Waals surface area contributed by atoms with E-state index in [1.807, 2.05) is 0 Å². The molecule has 1 rings (SSSR count). The predicted octanol–water partition coefficient (Wildman–Crippen LogP) is 1.65. The number of nitro groups is 1. The Morgan fingerprint density at radius 2 is 2.00 bits per heavy atom. The van der Waals surface area contributed by atoms with E-state index in [0.717, 1.165) is 18.4 Å². The van der Waals surface area contributed by atoms with Gasteiger partial charge in [-0.2, -0.15) is 0 Å². The van der Waals surface area contributed by atoms with Crippen LogP contribution >= 0.6 is 11.6 Å². The minimum Gasteiger partial charge on any atom is -0.258 e. The summed E-state index contributed by atoms with van der Waals surface area (Å²) in [6.45, 7) is 0. The maximum atomic E-state index is 11.1. The van der Waals surface area contributed by atoms with Crippen molar-refractivity contribution in [2.45, 2.75) is 4.90 Å². The highest BCUT2D eigenvalue weighted by Gasteiger charge is 2.21. The highest BCUT2D eigenvalue weighted by Crippen LogP contribution is 2.26. The summed E-state index contributed by atoms with van der Waals surface area (Å²) in [5, 5.41) is 10.6. The molecular weight excluding hydrogens is 230 g/mol. The van der Waals surface area contributed by atoms with Crippen molar-refractivity contribution >= 4 is 27.1 Å². The van der Waals surface area contributed by atoms with Gasteiger partial charge >= 0.3 is 0 Å². The first-order valence-electron chi connectivity index (χ1n) is 3.46. The molecule has 14 heavy (non-hydrogen) atoms. The summed E-state index contributed by atoms with van der Waals surface area (Å²) in [4.78, 5) is 9.35. The van der Waals surface area contributed by atoms with Gasteiger partial charge in [0, 0.05) is 17.3 Å². The molecule has 1 aromatic carbocycles. The van der Waals surface area contributed by atoms with Gasteiger partial charge < -0.3 is 0 Å². The third-order valence-electron chi connectivity index (χ3n) is 1.52. The van der Waals surface area contributed by atoms with Crippen molar-refractivity contribution in [1.82, 2.24) is 0 Å². The second-order valence-electron chi connectivity index (χ2n) is 2.64. The van der Waals surface area contributed by atoms with Crippen molar-refractivity contribution in [1.29, 1.82) is 0 Å². The van der Waals surface area contributed by atoms with Crippen molar-refractivity contribution in [3.05, 3.63) is 33.3 Å². The summed E-state index contributed by atoms with van der Waals surface area (Å²) in [5.74, 6) is 0. The molecule has 76 valence electrons. The van der Waals surface area contributed by atoms with E-state index in [4.69, 9.17) is 11.6 Å². The molecule has 1 aromatic rings. The Hall–Kier alpha value is -1.14. The molecule has 0 fully saturated rings. The molecule has 0 saturated carbocycles. The molecule has 5 nitrogen and oxygen atoms in total. The molecule has 0 aliphatic rings. The SMILES string of the molecule is CS(=O)(=O)c1cc(Cl)ccc1[N+](=O)[O-].